The van der Waals surface area contributed by atoms with E-state index in [0.29, 0.717) is 0 Å². The summed E-state index contributed by atoms with van der Waals surface area (Å²) >= 11 is 0. The van der Waals surface area contributed by atoms with E-state index in [1.165, 1.54) is 24.2 Å². The number of aromatic nitrogens is 3. The molecule has 3 unspecified atom stereocenters. The molecule has 2 aliphatic rings. The molecule has 4 heteroatoms. The molecule has 1 aromatic rings. The van der Waals surface area contributed by atoms with E-state index in [2.05, 4.69) is 22.7 Å². The van der Waals surface area contributed by atoms with Crippen molar-refractivity contribution in [3.63, 3.8) is 0 Å². The lowest BCUT2D eigenvalue weighted by Crippen LogP contribution is -2.12. The molecule has 0 aliphatic heterocycles. The first-order chi connectivity index (χ1) is 7.31. The third kappa shape index (κ3) is 1.39. The van der Waals surface area contributed by atoms with Crippen molar-refractivity contribution in [1.82, 2.24) is 20.3 Å². The molecule has 0 amide bonds. The highest BCUT2D eigenvalue weighted by Gasteiger charge is 2.48. The van der Waals surface area contributed by atoms with E-state index in [0.717, 1.165) is 30.7 Å². The third-order valence-electron chi connectivity index (χ3n) is 4.12. The van der Waals surface area contributed by atoms with Gasteiger partial charge in [0.05, 0.1) is 11.4 Å². The van der Waals surface area contributed by atoms with Gasteiger partial charge in [0.1, 0.15) is 0 Å². The van der Waals surface area contributed by atoms with Crippen molar-refractivity contribution >= 4 is 0 Å². The molecule has 0 saturated heterocycles. The zero-order chi connectivity index (χ0) is 10.4. The molecule has 3 rings (SSSR count). The SMILES string of the molecule is CNC1C2CCc3nnn(C)c3CCC21. The fourth-order valence-electron chi connectivity index (χ4n) is 3.19. The molecule has 1 fully saturated rings. The second-order valence-electron chi connectivity index (χ2n) is 4.83. The number of hydrogen-bond acceptors (Lipinski definition) is 3. The van der Waals surface area contributed by atoms with Gasteiger partial charge in [0.15, 0.2) is 0 Å². The molecule has 82 valence electrons. The Morgan fingerprint density at radius 1 is 1.27 bits per heavy atom. The maximum Gasteiger partial charge on any atom is 0.0859 e. The van der Waals surface area contributed by atoms with E-state index in [9.17, 15) is 0 Å². The second-order valence-corrected chi connectivity index (χ2v) is 4.83. The van der Waals surface area contributed by atoms with Gasteiger partial charge in [0.25, 0.3) is 0 Å². The largest absolute Gasteiger partial charge is 0.316 e. The quantitative estimate of drug-likeness (QED) is 0.729. The first-order valence-electron chi connectivity index (χ1n) is 5.86. The lowest BCUT2D eigenvalue weighted by molar-refractivity contribution is 0.566. The van der Waals surface area contributed by atoms with Crippen LogP contribution >= 0.6 is 0 Å². The number of hydrogen-bond donors (Lipinski definition) is 1. The first-order valence-corrected chi connectivity index (χ1v) is 5.86. The van der Waals surface area contributed by atoms with Crippen LogP contribution in [0.5, 0.6) is 0 Å². The van der Waals surface area contributed by atoms with Crippen LogP contribution in [0.4, 0.5) is 0 Å². The first kappa shape index (κ1) is 9.33. The highest BCUT2D eigenvalue weighted by atomic mass is 15.4. The zero-order valence-electron chi connectivity index (χ0n) is 9.40. The molecule has 1 N–H and O–H groups in total. The molecule has 3 atom stereocenters. The second kappa shape index (κ2) is 3.30. The number of nitrogens with one attached hydrogen (secondary N) is 1. The van der Waals surface area contributed by atoms with Crippen molar-refractivity contribution in [3.8, 4) is 0 Å². The molecule has 2 aliphatic carbocycles. The average molecular weight is 206 g/mol. The van der Waals surface area contributed by atoms with Crippen LogP contribution in [0.2, 0.25) is 0 Å². The Labute approximate surface area is 90.0 Å². The van der Waals surface area contributed by atoms with Crippen LogP contribution in [-0.2, 0) is 19.9 Å². The summed E-state index contributed by atoms with van der Waals surface area (Å²) in [6.45, 7) is 0. The summed E-state index contributed by atoms with van der Waals surface area (Å²) in [5.74, 6) is 1.79. The number of nitrogens with zero attached hydrogens (tertiary/aromatic N) is 3. The van der Waals surface area contributed by atoms with Crippen molar-refractivity contribution < 1.29 is 0 Å². The van der Waals surface area contributed by atoms with Crippen LogP contribution in [0.25, 0.3) is 0 Å². The number of aryl methyl sites for hydroxylation is 2. The normalized spacial score (nSPS) is 33.9. The zero-order valence-corrected chi connectivity index (χ0v) is 9.40. The minimum atomic E-state index is 0.771. The number of fused-ring (bicyclic) bond motifs is 2. The molecule has 15 heavy (non-hydrogen) atoms. The van der Waals surface area contributed by atoms with E-state index in [1.54, 1.807) is 0 Å². The van der Waals surface area contributed by atoms with Gasteiger partial charge in [-0.3, -0.25) is 4.68 Å². The molecule has 0 aromatic carbocycles. The van der Waals surface area contributed by atoms with Gasteiger partial charge in [0, 0.05) is 13.1 Å². The van der Waals surface area contributed by atoms with Gasteiger partial charge in [-0.25, -0.2) is 0 Å². The van der Waals surface area contributed by atoms with Crippen LogP contribution in [0.15, 0.2) is 0 Å². The summed E-state index contributed by atoms with van der Waals surface area (Å²) in [5.41, 5.74) is 2.59. The fourth-order valence-corrected chi connectivity index (χ4v) is 3.19. The van der Waals surface area contributed by atoms with Crippen LogP contribution in [0.3, 0.4) is 0 Å². The lowest BCUT2D eigenvalue weighted by Gasteiger charge is -2.07. The maximum atomic E-state index is 4.25. The minimum Gasteiger partial charge on any atom is -0.316 e. The van der Waals surface area contributed by atoms with Gasteiger partial charge >= 0.3 is 0 Å². The van der Waals surface area contributed by atoms with E-state index < -0.39 is 0 Å². The molecular weight excluding hydrogens is 188 g/mol. The molecule has 4 nitrogen and oxygen atoms in total. The van der Waals surface area contributed by atoms with Crippen molar-refractivity contribution in [3.05, 3.63) is 11.4 Å². The monoisotopic (exact) mass is 206 g/mol. The Hall–Kier alpha value is -0.900. The smallest absolute Gasteiger partial charge is 0.0859 e. The summed E-state index contributed by atoms with van der Waals surface area (Å²) in [5, 5.41) is 11.8. The van der Waals surface area contributed by atoms with E-state index >= 15 is 0 Å². The van der Waals surface area contributed by atoms with Gasteiger partial charge in [-0.1, -0.05) is 5.21 Å². The molecular formula is C11H18N4. The predicted molar refractivity (Wildman–Crippen MR) is 57.5 cm³/mol. The van der Waals surface area contributed by atoms with Gasteiger partial charge in [-0.05, 0) is 44.6 Å². The molecule has 0 spiro atoms. The van der Waals surface area contributed by atoms with Gasteiger partial charge in [-0.2, -0.15) is 0 Å². The number of rotatable bonds is 1. The van der Waals surface area contributed by atoms with Crippen LogP contribution in [-0.4, -0.2) is 28.1 Å². The molecule has 1 aromatic heterocycles. The average Bonchev–Trinajstić information content (AvgIpc) is 2.76. The Bertz CT molecular complexity index is 371. The maximum absolute atomic E-state index is 4.25. The van der Waals surface area contributed by atoms with Gasteiger partial charge in [0.2, 0.25) is 0 Å². The van der Waals surface area contributed by atoms with Gasteiger partial charge < -0.3 is 5.32 Å². The molecule has 1 saturated carbocycles. The summed E-state index contributed by atoms with van der Waals surface area (Å²) in [4.78, 5) is 0. The standard InChI is InChI=1S/C11H18N4/c1-12-11-7-3-5-9-10(6-4-8(7)11)15(2)14-13-9/h7-8,11-12H,3-6H2,1-2H3. The van der Waals surface area contributed by atoms with Crippen LogP contribution in [0, 0.1) is 11.8 Å². The Balaban J connectivity index is 1.80. The topological polar surface area (TPSA) is 42.7 Å². The van der Waals surface area contributed by atoms with E-state index in [1.807, 2.05) is 11.7 Å². The summed E-state index contributed by atoms with van der Waals surface area (Å²) in [6, 6.07) is 0.771. The molecule has 0 radical (unpaired) electrons. The summed E-state index contributed by atoms with van der Waals surface area (Å²) in [7, 11) is 4.09. The Kier molecular flexibility index (Phi) is 2.06. The Morgan fingerprint density at radius 3 is 2.73 bits per heavy atom. The van der Waals surface area contributed by atoms with Crippen LogP contribution in [0.1, 0.15) is 24.2 Å². The summed E-state index contributed by atoms with van der Waals surface area (Å²) in [6.07, 6.45) is 4.84. The van der Waals surface area contributed by atoms with Crippen molar-refractivity contribution in [2.24, 2.45) is 18.9 Å². The third-order valence-corrected chi connectivity index (χ3v) is 4.12. The minimum absolute atomic E-state index is 0.771. The highest BCUT2D eigenvalue weighted by Crippen LogP contribution is 2.46. The van der Waals surface area contributed by atoms with Crippen molar-refractivity contribution in [2.45, 2.75) is 31.7 Å². The van der Waals surface area contributed by atoms with Crippen molar-refractivity contribution in [2.75, 3.05) is 7.05 Å². The van der Waals surface area contributed by atoms with Crippen LogP contribution < -0.4 is 5.32 Å². The predicted octanol–water partition coefficient (Wildman–Crippen LogP) is 0.528. The van der Waals surface area contributed by atoms with E-state index in [4.69, 9.17) is 0 Å². The summed E-state index contributed by atoms with van der Waals surface area (Å²) < 4.78 is 1.95. The highest BCUT2D eigenvalue weighted by molar-refractivity contribution is 5.16. The van der Waals surface area contributed by atoms with E-state index in [-0.39, 0.29) is 0 Å². The Morgan fingerprint density at radius 2 is 2.00 bits per heavy atom. The van der Waals surface area contributed by atoms with Gasteiger partial charge in [-0.15, -0.1) is 5.10 Å². The van der Waals surface area contributed by atoms with Crippen molar-refractivity contribution in [1.29, 1.82) is 0 Å². The lowest BCUT2D eigenvalue weighted by atomic mass is 10.0. The fraction of sp³-hybridized carbons (Fsp3) is 0.818. The molecule has 0 bridgehead atoms. The molecule has 1 heterocycles.